The van der Waals surface area contributed by atoms with Crippen LogP contribution in [-0.4, -0.2) is 64.7 Å². The van der Waals surface area contributed by atoms with Crippen molar-refractivity contribution in [3.63, 3.8) is 0 Å². The number of rotatable bonds is 6. The molecule has 1 N–H and O–H groups in total. The van der Waals surface area contributed by atoms with Gasteiger partial charge >= 0.3 is 0 Å². The van der Waals surface area contributed by atoms with Gasteiger partial charge in [0.2, 0.25) is 20.0 Å². The molecule has 3 rings (SSSR count). The molecule has 1 aliphatic heterocycles. The minimum atomic E-state index is -3.83. The highest BCUT2D eigenvalue weighted by molar-refractivity contribution is 7.89. The summed E-state index contributed by atoms with van der Waals surface area (Å²) in [5.41, 5.74) is 0.192. The van der Waals surface area contributed by atoms with Crippen molar-refractivity contribution >= 4 is 37.6 Å². The zero-order valence-electron chi connectivity index (χ0n) is 16.4. The van der Waals surface area contributed by atoms with E-state index in [1.807, 2.05) is 0 Å². The normalized spacial score (nSPS) is 15.4. The molecule has 0 radical (unpaired) electrons. The fourth-order valence-electron chi connectivity index (χ4n) is 3.09. The molecule has 2 aromatic carbocycles. The molecular weight excluding hydrogens is 462 g/mol. The van der Waals surface area contributed by atoms with Gasteiger partial charge in [0.25, 0.3) is 5.91 Å². The number of halogens is 1. The number of amides is 1. The molecule has 0 atom stereocenters. The minimum Gasteiger partial charge on any atom is -0.336 e. The van der Waals surface area contributed by atoms with Gasteiger partial charge in [0.05, 0.1) is 16.3 Å². The summed E-state index contributed by atoms with van der Waals surface area (Å²) in [7, 11) is -7.53. The third kappa shape index (κ3) is 5.26. The summed E-state index contributed by atoms with van der Waals surface area (Å²) < 4.78 is 53.6. The van der Waals surface area contributed by atoms with Gasteiger partial charge in [-0.05, 0) is 42.5 Å². The van der Waals surface area contributed by atoms with Gasteiger partial charge in [-0.25, -0.2) is 16.8 Å². The quantitative estimate of drug-likeness (QED) is 0.628. The summed E-state index contributed by atoms with van der Waals surface area (Å²) in [6.07, 6.45) is 5.08. The number of carbonyl (C=O) groups is 1. The molecular formula is C20H20ClN3O5S2. The average Bonchev–Trinajstić information content (AvgIpc) is 2.77. The second-order valence-electron chi connectivity index (χ2n) is 6.71. The van der Waals surface area contributed by atoms with Crippen LogP contribution in [0.15, 0.2) is 58.3 Å². The van der Waals surface area contributed by atoms with E-state index in [1.54, 1.807) is 0 Å². The number of nitrogens with zero attached hydrogens (tertiary/aromatic N) is 2. The van der Waals surface area contributed by atoms with Crippen LogP contribution in [0.1, 0.15) is 10.4 Å². The monoisotopic (exact) mass is 481 g/mol. The van der Waals surface area contributed by atoms with Crippen LogP contribution in [-0.2, 0) is 20.0 Å². The largest absolute Gasteiger partial charge is 0.336 e. The summed E-state index contributed by atoms with van der Waals surface area (Å²) in [4.78, 5) is 14.4. The van der Waals surface area contributed by atoms with Crippen molar-refractivity contribution in [2.45, 2.75) is 9.79 Å². The van der Waals surface area contributed by atoms with Crippen LogP contribution in [0.25, 0.3) is 0 Å². The van der Waals surface area contributed by atoms with Crippen molar-refractivity contribution in [3.05, 3.63) is 59.1 Å². The third-order valence-electron chi connectivity index (χ3n) is 4.73. The molecule has 0 bridgehead atoms. The maximum atomic E-state index is 12.9. The first-order valence-corrected chi connectivity index (χ1v) is 12.5. The van der Waals surface area contributed by atoms with Crippen LogP contribution in [0.5, 0.6) is 0 Å². The molecule has 0 aromatic heterocycles. The van der Waals surface area contributed by atoms with Gasteiger partial charge < -0.3 is 4.90 Å². The van der Waals surface area contributed by atoms with Crippen molar-refractivity contribution in [1.29, 1.82) is 0 Å². The summed E-state index contributed by atoms with van der Waals surface area (Å²) in [5.74, 6) is 1.81. The van der Waals surface area contributed by atoms with E-state index in [2.05, 4.69) is 10.6 Å². The lowest BCUT2D eigenvalue weighted by molar-refractivity contribution is 0.0697. The lowest BCUT2D eigenvalue weighted by Gasteiger charge is -2.34. The van der Waals surface area contributed by atoms with Crippen LogP contribution < -0.4 is 4.72 Å². The van der Waals surface area contributed by atoms with Gasteiger partial charge in [0.15, 0.2) is 0 Å². The predicted molar refractivity (Wildman–Crippen MR) is 117 cm³/mol. The molecule has 1 fully saturated rings. The molecule has 11 heteroatoms. The Labute approximate surface area is 186 Å². The van der Waals surface area contributed by atoms with Crippen LogP contribution in [0.2, 0.25) is 5.02 Å². The Morgan fingerprint density at radius 3 is 2.26 bits per heavy atom. The molecule has 164 valence electrons. The van der Waals surface area contributed by atoms with Crippen LogP contribution in [0.3, 0.4) is 0 Å². The average molecular weight is 482 g/mol. The summed E-state index contributed by atoms with van der Waals surface area (Å²) in [6, 6.07) is 11.5. The first-order chi connectivity index (χ1) is 14.6. The van der Waals surface area contributed by atoms with Gasteiger partial charge in [-0.3, -0.25) is 4.79 Å². The first kappa shape index (κ1) is 23.2. The second-order valence-corrected chi connectivity index (χ2v) is 10.8. The first-order valence-electron chi connectivity index (χ1n) is 9.23. The van der Waals surface area contributed by atoms with Gasteiger partial charge in [-0.2, -0.15) is 9.03 Å². The highest BCUT2D eigenvalue weighted by Gasteiger charge is 2.30. The lowest BCUT2D eigenvalue weighted by atomic mass is 10.2. The Morgan fingerprint density at radius 2 is 1.65 bits per heavy atom. The fourth-order valence-corrected chi connectivity index (χ4v) is 5.61. The van der Waals surface area contributed by atoms with E-state index in [0.717, 1.165) is 0 Å². The van der Waals surface area contributed by atoms with E-state index >= 15 is 0 Å². The Kier molecular flexibility index (Phi) is 7.03. The van der Waals surface area contributed by atoms with E-state index in [9.17, 15) is 21.6 Å². The minimum absolute atomic E-state index is 0.0717. The molecule has 1 amide bonds. The number of hydrogen-bond acceptors (Lipinski definition) is 5. The van der Waals surface area contributed by atoms with E-state index in [4.69, 9.17) is 18.0 Å². The van der Waals surface area contributed by atoms with Gasteiger partial charge in [-0.1, -0.05) is 23.6 Å². The van der Waals surface area contributed by atoms with Crippen molar-refractivity contribution in [2.75, 3.05) is 32.7 Å². The van der Waals surface area contributed by atoms with Crippen LogP contribution in [0.4, 0.5) is 0 Å². The highest BCUT2D eigenvalue weighted by Crippen LogP contribution is 2.21. The van der Waals surface area contributed by atoms with Gasteiger partial charge in [-0.15, -0.1) is 6.42 Å². The smallest absolute Gasteiger partial charge is 0.253 e. The van der Waals surface area contributed by atoms with E-state index < -0.39 is 20.0 Å². The van der Waals surface area contributed by atoms with Crippen molar-refractivity contribution in [1.82, 2.24) is 13.9 Å². The number of piperazine rings is 1. The van der Waals surface area contributed by atoms with E-state index in [1.165, 1.54) is 57.7 Å². The molecule has 2 aromatic rings. The topological polar surface area (TPSA) is 104 Å². The zero-order chi connectivity index (χ0) is 22.6. The molecule has 1 heterocycles. The maximum absolute atomic E-state index is 12.9. The van der Waals surface area contributed by atoms with Crippen LogP contribution in [0, 0.1) is 12.3 Å². The Morgan fingerprint density at radius 1 is 1.00 bits per heavy atom. The Bertz CT molecular complexity index is 1210. The number of benzene rings is 2. The summed E-state index contributed by atoms with van der Waals surface area (Å²) in [5, 5.41) is 0.438. The molecule has 31 heavy (non-hydrogen) atoms. The van der Waals surface area contributed by atoms with Crippen molar-refractivity contribution in [3.8, 4) is 12.3 Å². The predicted octanol–water partition coefficient (Wildman–Crippen LogP) is 1.40. The molecule has 8 nitrogen and oxygen atoms in total. The number of hydrogen-bond donors (Lipinski definition) is 1. The van der Waals surface area contributed by atoms with E-state index in [-0.39, 0.29) is 54.0 Å². The highest BCUT2D eigenvalue weighted by atomic mass is 35.5. The number of terminal acetylenes is 1. The lowest BCUT2D eigenvalue weighted by Crippen LogP contribution is -2.50. The molecule has 1 saturated heterocycles. The number of nitrogens with one attached hydrogen (secondary N) is 1. The SMILES string of the molecule is C#CCNS(=O)(=O)c1cccc(C(=O)N2CCN(S(=O)(=O)c3ccc(Cl)cc3)CC2)c1. The summed E-state index contributed by atoms with van der Waals surface area (Å²) >= 11 is 5.82. The van der Waals surface area contributed by atoms with Crippen LogP contribution >= 0.6 is 11.6 Å². The zero-order valence-corrected chi connectivity index (χ0v) is 18.8. The van der Waals surface area contributed by atoms with Gasteiger partial charge in [0.1, 0.15) is 0 Å². The van der Waals surface area contributed by atoms with E-state index in [0.29, 0.717) is 5.02 Å². The molecule has 0 unspecified atom stereocenters. The number of sulfonamides is 2. The molecule has 1 aliphatic rings. The van der Waals surface area contributed by atoms with Crippen molar-refractivity contribution in [2.24, 2.45) is 0 Å². The maximum Gasteiger partial charge on any atom is 0.253 e. The molecule has 0 spiro atoms. The Balaban J connectivity index is 1.70. The number of carbonyl (C=O) groups excluding carboxylic acids is 1. The summed E-state index contributed by atoms with van der Waals surface area (Å²) in [6.45, 7) is 0.442. The molecule has 0 aliphatic carbocycles. The molecule has 0 saturated carbocycles. The fraction of sp³-hybridized carbons (Fsp3) is 0.250. The second kappa shape index (κ2) is 9.38. The standard InChI is InChI=1S/C20H20ClN3O5S2/c1-2-10-22-30(26,27)19-5-3-4-16(15-19)20(25)23-11-13-24(14-12-23)31(28,29)18-8-6-17(21)7-9-18/h1,3-9,15,22H,10-14H2. The third-order valence-corrected chi connectivity index (χ3v) is 8.30. The van der Waals surface area contributed by atoms with Crippen molar-refractivity contribution < 1.29 is 21.6 Å². The van der Waals surface area contributed by atoms with Gasteiger partial charge in [0, 0.05) is 36.8 Å². The Hall–Kier alpha value is -2.42.